The van der Waals surface area contributed by atoms with E-state index in [1.54, 1.807) is 7.11 Å². The predicted octanol–water partition coefficient (Wildman–Crippen LogP) is 0.996. The normalized spacial score (nSPS) is 18.2. The van der Waals surface area contributed by atoms with Crippen molar-refractivity contribution < 1.29 is 4.74 Å². The molecule has 2 heterocycles. The molecule has 0 radical (unpaired) electrons. The lowest BCUT2D eigenvalue weighted by atomic mass is 9.97. The Labute approximate surface area is 90.6 Å². The third kappa shape index (κ3) is 2.58. The van der Waals surface area contributed by atoms with Gasteiger partial charge in [-0.2, -0.15) is 0 Å². The fraction of sp³-hybridized carbons (Fsp3) is 0.727. The molecule has 0 spiro atoms. The minimum Gasteiger partial charge on any atom is -0.383 e. The molecule has 1 saturated heterocycles. The molecule has 0 aliphatic carbocycles. The minimum atomic E-state index is 0.623. The standard InChI is InChI=1S/C11H19N3O/c1-15-9-8-14-7-6-13-11(14)10-2-4-12-5-3-10/h6-7,10,12H,2-5,8-9H2,1H3. The van der Waals surface area contributed by atoms with Crippen LogP contribution in [0.15, 0.2) is 12.4 Å². The first-order valence-corrected chi connectivity index (χ1v) is 5.62. The van der Waals surface area contributed by atoms with Crippen LogP contribution in [-0.2, 0) is 11.3 Å². The number of nitrogens with one attached hydrogen (secondary N) is 1. The van der Waals surface area contributed by atoms with Crippen molar-refractivity contribution in [3.05, 3.63) is 18.2 Å². The number of rotatable bonds is 4. The van der Waals surface area contributed by atoms with Crippen molar-refractivity contribution in [2.45, 2.75) is 25.3 Å². The van der Waals surface area contributed by atoms with Gasteiger partial charge < -0.3 is 14.6 Å². The van der Waals surface area contributed by atoms with Crippen LogP contribution in [0.5, 0.6) is 0 Å². The lowest BCUT2D eigenvalue weighted by Crippen LogP contribution is -2.28. The summed E-state index contributed by atoms with van der Waals surface area (Å²) in [6.45, 7) is 3.90. The first kappa shape index (κ1) is 10.6. The summed E-state index contributed by atoms with van der Waals surface area (Å²) in [4.78, 5) is 4.47. The molecule has 0 saturated carbocycles. The lowest BCUT2D eigenvalue weighted by molar-refractivity contribution is 0.185. The van der Waals surface area contributed by atoms with E-state index in [1.807, 2.05) is 6.20 Å². The lowest BCUT2D eigenvalue weighted by Gasteiger charge is -2.22. The van der Waals surface area contributed by atoms with Crippen LogP contribution in [0.3, 0.4) is 0 Å². The van der Waals surface area contributed by atoms with Crippen LogP contribution >= 0.6 is 0 Å². The summed E-state index contributed by atoms with van der Waals surface area (Å²) < 4.78 is 7.32. The maximum absolute atomic E-state index is 5.10. The van der Waals surface area contributed by atoms with Crippen molar-refractivity contribution in [3.63, 3.8) is 0 Å². The number of ether oxygens (including phenoxy) is 1. The Kier molecular flexibility index (Phi) is 3.75. The molecule has 4 nitrogen and oxygen atoms in total. The summed E-state index contributed by atoms with van der Waals surface area (Å²) in [6, 6.07) is 0. The monoisotopic (exact) mass is 209 g/mol. The maximum atomic E-state index is 5.10. The zero-order valence-electron chi connectivity index (χ0n) is 9.28. The van der Waals surface area contributed by atoms with Crippen LogP contribution in [0.4, 0.5) is 0 Å². The molecule has 0 bridgehead atoms. The molecule has 1 fully saturated rings. The Morgan fingerprint density at radius 3 is 3.07 bits per heavy atom. The van der Waals surface area contributed by atoms with E-state index >= 15 is 0 Å². The molecular weight excluding hydrogens is 190 g/mol. The van der Waals surface area contributed by atoms with Crippen LogP contribution in [-0.4, -0.2) is 36.4 Å². The van der Waals surface area contributed by atoms with Gasteiger partial charge in [-0.15, -0.1) is 0 Å². The number of methoxy groups -OCH3 is 1. The van der Waals surface area contributed by atoms with Crippen molar-refractivity contribution in [2.75, 3.05) is 26.8 Å². The van der Waals surface area contributed by atoms with E-state index in [0.717, 1.165) is 26.2 Å². The third-order valence-corrected chi connectivity index (χ3v) is 2.99. The summed E-state index contributed by atoms with van der Waals surface area (Å²) in [7, 11) is 1.74. The summed E-state index contributed by atoms with van der Waals surface area (Å²) in [5.41, 5.74) is 0. The summed E-state index contributed by atoms with van der Waals surface area (Å²) >= 11 is 0. The summed E-state index contributed by atoms with van der Waals surface area (Å²) in [6.07, 6.45) is 6.34. The third-order valence-electron chi connectivity index (χ3n) is 2.99. The molecule has 1 aliphatic rings. The molecule has 0 atom stereocenters. The molecule has 2 rings (SSSR count). The van der Waals surface area contributed by atoms with Crippen molar-refractivity contribution in [2.24, 2.45) is 0 Å². The maximum Gasteiger partial charge on any atom is 0.111 e. The summed E-state index contributed by atoms with van der Waals surface area (Å²) in [5.74, 6) is 1.85. The quantitative estimate of drug-likeness (QED) is 0.804. The van der Waals surface area contributed by atoms with E-state index < -0.39 is 0 Å². The molecule has 15 heavy (non-hydrogen) atoms. The van der Waals surface area contributed by atoms with E-state index in [4.69, 9.17) is 4.74 Å². The SMILES string of the molecule is COCCn1ccnc1C1CCNCC1. The Morgan fingerprint density at radius 1 is 1.53 bits per heavy atom. The second-order valence-electron chi connectivity index (χ2n) is 4.00. The van der Waals surface area contributed by atoms with Crippen molar-refractivity contribution in [1.29, 1.82) is 0 Å². The van der Waals surface area contributed by atoms with Crippen LogP contribution in [0.25, 0.3) is 0 Å². The van der Waals surface area contributed by atoms with Crippen molar-refractivity contribution >= 4 is 0 Å². The number of hydrogen-bond acceptors (Lipinski definition) is 3. The highest BCUT2D eigenvalue weighted by molar-refractivity contribution is 5.02. The molecule has 0 aromatic carbocycles. The molecule has 4 heteroatoms. The fourth-order valence-corrected chi connectivity index (χ4v) is 2.14. The van der Waals surface area contributed by atoms with Crippen LogP contribution in [0.1, 0.15) is 24.6 Å². The van der Waals surface area contributed by atoms with Crippen LogP contribution in [0.2, 0.25) is 0 Å². The van der Waals surface area contributed by atoms with Gasteiger partial charge in [-0.05, 0) is 25.9 Å². The van der Waals surface area contributed by atoms with Gasteiger partial charge in [0, 0.05) is 32.0 Å². The average molecular weight is 209 g/mol. The Morgan fingerprint density at radius 2 is 2.33 bits per heavy atom. The van der Waals surface area contributed by atoms with Crippen molar-refractivity contribution in [3.8, 4) is 0 Å². The van der Waals surface area contributed by atoms with E-state index in [-0.39, 0.29) is 0 Å². The first-order valence-electron chi connectivity index (χ1n) is 5.62. The zero-order valence-corrected chi connectivity index (χ0v) is 9.28. The van der Waals surface area contributed by atoms with Gasteiger partial charge >= 0.3 is 0 Å². The van der Waals surface area contributed by atoms with Gasteiger partial charge in [0.1, 0.15) is 5.82 Å². The van der Waals surface area contributed by atoms with Gasteiger partial charge in [-0.3, -0.25) is 0 Å². The van der Waals surface area contributed by atoms with Crippen LogP contribution < -0.4 is 5.32 Å². The average Bonchev–Trinajstić information content (AvgIpc) is 2.75. The van der Waals surface area contributed by atoms with Gasteiger partial charge in [0.2, 0.25) is 0 Å². The Balaban J connectivity index is 2.02. The van der Waals surface area contributed by atoms with Gasteiger partial charge in [-0.1, -0.05) is 0 Å². The molecule has 1 aliphatic heterocycles. The van der Waals surface area contributed by atoms with E-state index in [0.29, 0.717) is 5.92 Å². The van der Waals surface area contributed by atoms with Crippen LogP contribution in [0, 0.1) is 0 Å². The predicted molar refractivity (Wildman–Crippen MR) is 58.9 cm³/mol. The highest BCUT2D eigenvalue weighted by Gasteiger charge is 2.19. The van der Waals surface area contributed by atoms with Gasteiger partial charge in [0.25, 0.3) is 0 Å². The first-order chi connectivity index (χ1) is 7.42. The van der Waals surface area contributed by atoms with E-state index in [9.17, 15) is 0 Å². The Hall–Kier alpha value is -0.870. The number of nitrogens with zero attached hydrogens (tertiary/aromatic N) is 2. The van der Waals surface area contributed by atoms with Gasteiger partial charge in [0.15, 0.2) is 0 Å². The number of hydrogen-bond donors (Lipinski definition) is 1. The van der Waals surface area contributed by atoms with Gasteiger partial charge in [0.05, 0.1) is 6.61 Å². The molecule has 1 N–H and O–H groups in total. The summed E-state index contributed by atoms with van der Waals surface area (Å²) in [5, 5.41) is 3.38. The molecule has 1 aromatic heterocycles. The molecule has 84 valence electrons. The number of piperidine rings is 1. The van der Waals surface area contributed by atoms with Gasteiger partial charge in [-0.25, -0.2) is 4.98 Å². The fourth-order valence-electron chi connectivity index (χ4n) is 2.14. The Bertz CT molecular complexity index is 292. The molecular formula is C11H19N3O. The molecule has 0 unspecified atom stereocenters. The minimum absolute atomic E-state index is 0.623. The number of imidazole rings is 1. The zero-order chi connectivity index (χ0) is 10.5. The number of aromatic nitrogens is 2. The van der Waals surface area contributed by atoms with Crippen molar-refractivity contribution in [1.82, 2.24) is 14.9 Å². The topological polar surface area (TPSA) is 39.1 Å². The van der Waals surface area contributed by atoms with E-state index in [2.05, 4.69) is 21.1 Å². The highest BCUT2D eigenvalue weighted by atomic mass is 16.5. The largest absolute Gasteiger partial charge is 0.383 e. The molecule has 0 amide bonds. The smallest absolute Gasteiger partial charge is 0.111 e. The second-order valence-corrected chi connectivity index (χ2v) is 4.00. The molecule has 1 aromatic rings. The highest BCUT2D eigenvalue weighted by Crippen LogP contribution is 2.23. The second kappa shape index (κ2) is 5.28. The van der Waals surface area contributed by atoms with E-state index in [1.165, 1.54) is 18.7 Å².